The van der Waals surface area contributed by atoms with Crippen LogP contribution in [-0.4, -0.2) is 9.97 Å². The summed E-state index contributed by atoms with van der Waals surface area (Å²) in [4.78, 5) is 8.89. The molecule has 96 valence electrons. The smallest absolute Gasteiger partial charge is 0.197 e. The molecule has 4 nitrogen and oxygen atoms in total. The highest BCUT2D eigenvalue weighted by molar-refractivity contribution is 14.1. The largest absolute Gasteiger partial charge is 0.458 e. The predicted molar refractivity (Wildman–Crippen MR) is 80.3 cm³/mol. The van der Waals surface area contributed by atoms with Crippen LogP contribution >= 0.6 is 22.6 Å². The first-order valence-electron chi connectivity index (χ1n) is 5.69. The molecular weight excluding hydrogens is 341 g/mol. The van der Waals surface area contributed by atoms with Gasteiger partial charge in [0.2, 0.25) is 0 Å². The molecule has 0 aromatic carbocycles. The number of aromatic nitrogens is 2. The fourth-order valence-electron chi connectivity index (χ4n) is 1.63. The van der Waals surface area contributed by atoms with Crippen LogP contribution in [0.15, 0.2) is 16.5 Å². The van der Waals surface area contributed by atoms with Crippen LogP contribution in [0, 0.1) is 10.5 Å². The second-order valence-corrected chi connectivity index (χ2v) is 6.33. The molecule has 2 N–H and O–H groups in total. The van der Waals surface area contributed by atoms with Crippen molar-refractivity contribution in [2.45, 2.75) is 33.1 Å². The Bertz CT molecular complexity index is 584. The van der Waals surface area contributed by atoms with E-state index < -0.39 is 0 Å². The minimum absolute atomic E-state index is 0.0794. The molecule has 2 heterocycles. The summed E-state index contributed by atoms with van der Waals surface area (Å²) in [5, 5.41) is 0. The maximum absolute atomic E-state index is 5.96. The lowest BCUT2D eigenvalue weighted by atomic mass is 9.92. The number of nitrogens with zero attached hydrogens (tertiary/aromatic N) is 2. The third-order valence-corrected chi connectivity index (χ3v) is 3.61. The third-order valence-electron chi connectivity index (χ3n) is 2.55. The van der Waals surface area contributed by atoms with Gasteiger partial charge < -0.3 is 10.2 Å². The van der Waals surface area contributed by atoms with E-state index in [0.29, 0.717) is 17.4 Å². The van der Waals surface area contributed by atoms with Crippen LogP contribution in [0.1, 0.15) is 32.2 Å². The summed E-state index contributed by atoms with van der Waals surface area (Å²) in [7, 11) is 0. The summed E-state index contributed by atoms with van der Waals surface area (Å²) in [5.74, 6) is 2.54. The number of anilines is 1. The highest BCUT2D eigenvalue weighted by Crippen LogP contribution is 2.30. The van der Waals surface area contributed by atoms with Gasteiger partial charge in [0.25, 0.3) is 0 Å². The molecule has 0 spiro atoms. The Hall–Kier alpha value is -1.11. The Morgan fingerprint density at radius 1 is 1.22 bits per heavy atom. The topological polar surface area (TPSA) is 64.9 Å². The van der Waals surface area contributed by atoms with Crippen LogP contribution in [0.4, 0.5) is 5.82 Å². The lowest BCUT2D eigenvalue weighted by Gasteiger charge is -2.20. The Labute approximate surface area is 120 Å². The van der Waals surface area contributed by atoms with Crippen molar-refractivity contribution >= 4 is 28.4 Å². The van der Waals surface area contributed by atoms with E-state index in [-0.39, 0.29) is 5.41 Å². The summed E-state index contributed by atoms with van der Waals surface area (Å²) in [6.45, 7) is 8.21. The molecule has 0 saturated heterocycles. The van der Waals surface area contributed by atoms with E-state index in [9.17, 15) is 0 Å². The molecule has 2 aromatic heterocycles. The van der Waals surface area contributed by atoms with E-state index in [2.05, 4.69) is 53.3 Å². The van der Waals surface area contributed by atoms with Gasteiger partial charge >= 0.3 is 0 Å². The van der Waals surface area contributed by atoms with Crippen LogP contribution in [-0.2, 0) is 5.41 Å². The molecular formula is C13H16IN3O. The van der Waals surface area contributed by atoms with Crippen molar-refractivity contribution < 1.29 is 4.42 Å². The van der Waals surface area contributed by atoms with Gasteiger partial charge in [0, 0.05) is 5.41 Å². The maximum atomic E-state index is 5.96. The molecule has 0 amide bonds. The number of hydrogen-bond acceptors (Lipinski definition) is 4. The molecule has 5 heteroatoms. The van der Waals surface area contributed by atoms with Crippen LogP contribution in [0.2, 0.25) is 0 Å². The molecule has 0 aliphatic heterocycles. The monoisotopic (exact) mass is 357 g/mol. The fourth-order valence-corrected chi connectivity index (χ4v) is 2.68. The van der Waals surface area contributed by atoms with Gasteiger partial charge in [-0.3, -0.25) is 0 Å². The number of nitrogen functional groups attached to an aromatic ring is 1. The Balaban J connectivity index is 2.61. The predicted octanol–water partition coefficient (Wildman–Crippen LogP) is 3.53. The summed E-state index contributed by atoms with van der Waals surface area (Å²) < 4.78 is 6.46. The molecule has 0 bridgehead atoms. The van der Waals surface area contributed by atoms with Crippen LogP contribution in [0.3, 0.4) is 0 Å². The van der Waals surface area contributed by atoms with E-state index in [0.717, 1.165) is 15.0 Å². The van der Waals surface area contributed by atoms with Crippen LogP contribution in [0.5, 0.6) is 0 Å². The van der Waals surface area contributed by atoms with Crippen molar-refractivity contribution in [1.29, 1.82) is 0 Å². The number of nitrogens with two attached hydrogens (primary N) is 1. The number of furan rings is 1. The molecule has 0 aliphatic rings. The fraction of sp³-hybridized carbons (Fsp3) is 0.385. The minimum Gasteiger partial charge on any atom is -0.458 e. The van der Waals surface area contributed by atoms with E-state index in [1.165, 1.54) is 0 Å². The lowest BCUT2D eigenvalue weighted by Crippen LogP contribution is -2.18. The van der Waals surface area contributed by atoms with E-state index in [1.807, 2.05) is 19.1 Å². The highest BCUT2D eigenvalue weighted by atomic mass is 127. The highest BCUT2D eigenvalue weighted by Gasteiger charge is 2.23. The van der Waals surface area contributed by atoms with Crippen LogP contribution < -0.4 is 5.73 Å². The third kappa shape index (κ3) is 2.50. The summed E-state index contributed by atoms with van der Waals surface area (Å²) >= 11 is 2.19. The number of rotatable bonds is 1. The van der Waals surface area contributed by atoms with Gasteiger partial charge in [-0.05, 0) is 41.6 Å². The standard InChI is InChI=1S/C13H16IN3O/c1-7-5-6-8(18-7)12-16-10(13(2,3)4)9(14)11(15)17-12/h5-6H,1-4H3,(H2,15,16,17). The first-order chi connectivity index (χ1) is 8.29. The second-order valence-electron chi connectivity index (χ2n) is 5.26. The van der Waals surface area contributed by atoms with Crippen molar-refractivity contribution in [2.75, 3.05) is 5.73 Å². The molecule has 0 unspecified atom stereocenters. The van der Waals surface area contributed by atoms with Gasteiger partial charge in [-0.25, -0.2) is 9.97 Å². The Morgan fingerprint density at radius 3 is 2.39 bits per heavy atom. The first-order valence-corrected chi connectivity index (χ1v) is 6.77. The van der Waals surface area contributed by atoms with Gasteiger partial charge in [0.05, 0.1) is 9.26 Å². The Kier molecular flexibility index (Phi) is 3.35. The zero-order valence-electron chi connectivity index (χ0n) is 10.9. The molecule has 0 saturated carbocycles. The second kappa shape index (κ2) is 4.53. The lowest BCUT2D eigenvalue weighted by molar-refractivity contribution is 0.537. The van der Waals surface area contributed by atoms with Gasteiger partial charge in [-0.15, -0.1) is 0 Å². The van der Waals surface area contributed by atoms with Gasteiger partial charge in [0.1, 0.15) is 11.6 Å². The molecule has 0 atom stereocenters. The van der Waals surface area contributed by atoms with E-state index in [4.69, 9.17) is 10.2 Å². The molecule has 2 rings (SSSR count). The van der Waals surface area contributed by atoms with Crippen molar-refractivity contribution in [3.63, 3.8) is 0 Å². The van der Waals surface area contributed by atoms with Gasteiger partial charge in [-0.2, -0.15) is 0 Å². The van der Waals surface area contributed by atoms with Gasteiger partial charge in [0.15, 0.2) is 11.6 Å². The maximum Gasteiger partial charge on any atom is 0.197 e. The molecule has 0 aliphatic carbocycles. The Morgan fingerprint density at radius 2 is 1.89 bits per heavy atom. The summed E-state index contributed by atoms with van der Waals surface area (Å²) in [6.07, 6.45) is 0. The molecule has 0 fully saturated rings. The zero-order chi connectivity index (χ0) is 13.5. The first kappa shape index (κ1) is 13.3. The average Bonchev–Trinajstić information content (AvgIpc) is 2.67. The molecule has 2 aromatic rings. The molecule has 18 heavy (non-hydrogen) atoms. The van der Waals surface area contributed by atoms with Crippen molar-refractivity contribution in [1.82, 2.24) is 9.97 Å². The number of hydrogen-bond donors (Lipinski definition) is 1. The van der Waals surface area contributed by atoms with Crippen molar-refractivity contribution in [3.8, 4) is 11.6 Å². The zero-order valence-corrected chi connectivity index (χ0v) is 13.1. The van der Waals surface area contributed by atoms with E-state index >= 15 is 0 Å². The number of aryl methyl sites for hydroxylation is 1. The normalized spacial score (nSPS) is 11.8. The average molecular weight is 357 g/mol. The quantitative estimate of drug-likeness (QED) is 0.793. The minimum atomic E-state index is -0.0794. The van der Waals surface area contributed by atoms with Crippen LogP contribution in [0.25, 0.3) is 11.6 Å². The van der Waals surface area contributed by atoms with Gasteiger partial charge in [-0.1, -0.05) is 20.8 Å². The number of halogens is 1. The van der Waals surface area contributed by atoms with Crippen molar-refractivity contribution in [3.05, 3.63) is 27.2 Å². The van der Waals surface area contributed by atoms with Crippen molar-refractivity contribution in [2.24, 2.45) is 0 Å². The summed E-state index contributed by atoms with van der Waals surface area (Å²) in [5.41, 5.74) is 6.83. The van der Waals surface area contributed by atoms with E-state index in [1.54, 1.807) is 0 Å². The SMILES string of the molecule is Cc1ccc(-c2nc(N)c(I)c(C(C)(C)C)n2)o1. The molecule has 0 radical (unpaired) electrons. The summed E-state index contributed by atoms with van der Waals surface area (Å²) in [6, 6.07) is 3.76.